The van der Waals surface area contributed by atoms with Gasteiger partial charge in [-0.15, -0.1) is 0 Å². The number of ether oxygens (including phenoxy) is 1. The molecule has 0 aromatic rings. The molecule has 136 valence electrons. The highest BCUT2D eigenvalue weighted by Gasteiger charge is 2.35. The largest absolute Gasteiger partial charge is 0.379 e. The zero-order chi connectivity index (χ0) is 16.9. The zero-order valence-electron chi connectivity index (χ0n) is 14.6. The predicted molar refractivity (Wildman–Crippen MR) is 90.6 cm³/mol. The summed E-state index contributed by atoms with van der Waals surface area (Å²) in [6.07, 6.45) is 2.29. The van der Waals surface area contributed by atoms with Gasteiger partial charge in [0.25, 0.3) is 0 Å². The molecule has 2 N–H and O–H groups in total. The first-order valence-electron chi connectivity index (χ1n) is 9.23. The van der Waals surface area contributed by atoms with Gasteiger partial charge in [0.1, 0.15) is 0 Å². The van der Waals surface area contributed by atoms with Crippen molar-refractivity contribution in [2.75, 3.05) is 52.5 Å². The minimum atomic E-state index is -0.188. The second-order valence-electron chi connectivity index (χ2n) is 7.28. The molecule has 3 aliphatic rings. The summed E-state index contributed by atoms with van der Waals surface area (Å²) >= 11 is 0. The number of carbonyl (C=O) groups is 2. The van der Waals surface area contributed by atoms with Gasteiger partial charge in [0.2, 0.25) is 11.8 Å². The number of morpholine rings is 1. The molecular weight excluding hydrogens is 308 g/mol. The van der Waals surface area contributed by atoms with Crippen molar-refractivity contribution in [1.82, 2.24) is 20.4 Å². The number of rotatable bonds is 5. The maximum absolute atomic E-state index is 12.5. The van der Waals surface area contributed by atoms with Crippen LogP contribution in [0.4, 0.5) is 0 Å². The number of likely N-dealkylation sites (tertiary alicyclic amines) is 1. The van der Waals surface area contributed by atoms with Gasteiger partial charge in [-0.2, -0.15) is 0 Å². The Morgan fingerprint density at radius 1 is 1.33 bits per heavy atom. The molecule has 7 heteroatoms. The lowest BCUT2D eigenvalue weighted by Gasteiger charge is -2.29. The molecule has 0 aromatic carbocycles. The van der Waals surface area contributed by atoms with Gasteiger partial charge in [0, 0.05) is 51.2 Å². The molecule has 3 heterocycles. The number of nitrogens with zero attached hydrogens (tertiary/aromatic N) is 2. The van der Waals surface area contributed by atoms with Crippen molar-refractivity contribution < 1.29 is 14.3 Å². The Kier molecular flexibility index (Phi) is 6.08. The summed E-state index contributed by atoms with van der Waals surface area (Å²) in [4.78, 5) is 28.9. The van der Waals surface area contributed by atoms with Gasteiger partial charge in [-0.1, -0.05) is 0 Å². The number of nitrogens with one attached hydrogen (secondary N) is 2. The summed E-state index contributed by atoms with van der Waals surface area (Å²) in [7, 11) is 0. The summed E-state index contributed by atoms with van der Waals surface area (Å²) in [6, 6.07) is 0.686. The van der Waals surface area contributed by atoms with Crippen molar-refractivity contribution in [2.24, 2.45) is 5.92 Å². The highest BCUT2D eigenvalue weighted by atomic mass is 16.5. The minimum absolute atomic E-state index is 0.0522. The van der Waals surface area contributed by atoms with Gasteiger partial charge >= 0.3 is 0 Å². The maximum Gasteiger partial charge on any atom is 0.225 e. The normalized spacial score (nSPS) is 32.1. The molecular formula is C17H30N4O3. The van der Waals surface area contributed by atoms with E-state index in [4.69, 9.17) is 4.74 Å². The molecule has 3 aliphatic heterocycles. The van der Waals surface area contributed by atoms with Crippen LogP contribution in [0.15, 0.2) is 0 Å². The number of piperidine rings is 1. The number of hydrogen-bond donors (Lipinski definition) is 2. The van der Waals surface area contributed by atoms with Gasteiger partial charge in [-0.3, -0.25) is 14.5 Å². The minimum Gasteiger partial charge on any atom is -0.379 e. The molecule has 7 nitrogen and oxygen atoms in total. The first-order valence-corrected chi connectivity index (χ1v) is 9.23. The van der Waals surface area contributed by atoms with Crippen molar-refractivity contribution >= 4 is 11.8 Å². The first kappa shape index (κ1) is 17.6. The van der Waals surface area contributed by atoms with Gasteiger partial charge in [-0.25, -0.2) is 0 Å². The molecule has 0 radical (unpaired) electrons. The van der Waals surface area contributed by atoms with Crippen LogP contribution in [0, 0.1) is 5.92 Å². The van der Waals surface area contributed by atoms with Crippen LogP contribution in [0.2, 0.25) is 0 Å². The molecule has 0 saturated carbocycles. The lowest BCUT2D eigenvalue weighted by Crippen LogP contribution is -2.48. The summed E-state index contributed by atoms with van der Waals surface area (Å²) in [5.74, 6) is -0.0224. The van der Waals surface area contributed by atoms with E-state index in [0.29, 0.717) is 25.6 Å². The van der Waals surface area contributed by atoms with E-state index in [-0.39, 0.29) is 23.8 Å². The second kappa shape index (κ2) is 8.27. The molecule has 0 aliphatic carbocycles. The van der Waals surface area contributed by atoms with Gasteiger partial charge in [-0.05, 0) is 26.3 Å². The number of amides is 2. The molecule has 3 unspecified atom stereocenters. The Bertz CT molecular complexity index is 453. The molecule has 3 fully saturated rings. The Hall–Kier alpha value is -1.18. The lowest BCUT2D eigenvalue weighted by atomic mass is 9.99. The third kappa shape index (κ3) is 4.68. The van der Waals surface area contributed by atoms with Crippen LogP contribution < -0.4 is 10.6 Å². The summed E-state index contributed by atoms with van der Waals surface area (Å²) in [6.45, 7) is 8.64. The van der Waals surface area contributed by atoms with Crippen molar-refractivity contribution in [3.8, 4) is 0 Å². The van der Waals surface area contributed by atoms with Crippen LogP contribution in [-0.2, 0) is 14.3 Å². The monoisotopic (exact) mass is 338 g/mol. The molecule has 24 heavy (non-hydrogen) atoms. The van der Waals surface area contributed by atoms with E-state index in [1.165, 1.54) is 0 Å². The highest BCUT2D eigenvalue weighted by molar-refractivity contribution is 5.89. The fourth-order valence-corrected chi connectivity index (χ4v) is 3.83. The summed E-state index contributed by atoms with van der Waals surface area (Å²) < 4.78 is 5.34. The quantitative estimate of drug-likeness (QED) is 0.702. The molecule has 0 aromatic heterocycles. The Morgan fingerprint density at radius 3 is 2.88 bits per heavy atom. The average Bonchev–Trinajstić information content (AvgIpc) is 2.95. The summed E-state index contributed by atoms with van der Waals surface area (Å²) in [5.41, 5.74) is 0. The Morgan fingerprint density at radius 2 is 2.12 bits per heavy atom. The lowest BCUT2D eigenvalue weighted by molar-refractivity contribution is -0.129. The topological polar surface area (TPSA) is 73.9 Å². The molecule has 0 spiro atoms. The van der Waals surface area contributed by atoms with Gasteiger partial charge < -0.3 is 20.3 Å². The first-order chi connectivity index (χ1) is 11.6. The van der Waals surface area contributed by atoms with E-state index in [1.54, 1.807) is 0 Å². The van der Waals surface area contributed by atoms with Crippen LogP contribution in [0.1, 0.15) is 26.2 Å². The standard InChI is InChI=1S/C17H30N4O3/c1-13-10-15(2-3-18-13)19-17(23)14-11-16(22)21(12-14)5-4-20-6-8-24-9-7-20/h13-15,18H,2-12H2,1H3,(H,19,23). The molecule has 2 amide bonds. The van der Waals surface area contributed by atoms with Gasteiger partial charge in [0.05, 0.1) is 19.1 Å². The number of carbonyl (C=O) groups excluding carboxylic acids is 2. The molecule has 3 rings (SSSR count). The molecule has 3 saturated heterocycles. The van der Waals surface area contributed by atoms with E-state index >= 15 is 0 Å². The van der Waals surface area contributed by atoms with Gasteiger partial charge in [0.15, 0.2) is 0 Å². The SMILES string of the molecule is CC1CC(NC(=O)C2CC(=O)N(CCN3CCOCC3)C2)CCN1. The highest BCUT2D eigenvalue weighted by Crippen LogP contribution is 2.19. The van der Waals surface area contributed by atoms with Crippen molar-refractivity contribution in [2.45, 2.75) is 38.3 Å². The Labute approximate surface area is 144 Å². The van der Waals surface area contributed by atoms with E-state index in [1.807, 2.05) is 4.90 Å². The van der Waals surface area contributed by atoms with Crippen LogP contribution in [0.5, 0.6) is 0 Å². The number of hydrogen-bond acceptors (Lipinski definition) is 5. The zero-order valence-corrected chi connectivity index (χ0v) is 14.6. The second-order valence-corrected chi connectivity index (χ2v) is 7.28. The summed E-state index contributed by atoms with van der Waals surface area (Å²) in [5, 5.41) is 6.54. The molecule has 0 bridgehead atoms. The van der Waals surface area contributed by atoms with Crippen molar-refractivity contribution in [1.29, 1.82) is 0 Å². The van der Waals surface area contributed by atoms with Crippen molar-refractivity contribution in [3.05, 3.63) is 0 Å². The third-order valence-corrected chi connectivity index (χ3v) is 5.35. The van der Waals surface area contributed by atoms with Crippen molar-refractivity contribution in [3.63, 3.8) is 0 Å². The van der Waals surface area contributed by atoms with E-state index < -0.39 is 0 Å². The van der Waals surface area contributed by atoms with Crippen LogP contribution in [0.3, 0.4) is 0 Å². The molecule has 3 atom stereocenters. The van der Waals surface area contributed by atoms with E-state index in [2.05, 4.69) is 22.5 Å². The maximum atomic E-state index is 12.5. The Balaban J connectivity index is 1.42. The van der Waals surface area contributed by atoms with Crippen LogP contribution in [0.25, 0.3) is 0 Å². The predicted octanol–water partition coefficient (Wildman–Crippen LogP) is -0.576. The van der Waals surface area contributed by atoms with Crippen LogP contribution in [-0.4, -0.2) is 86.2 Å². The fraction of sp³-hybridized carbons (Fsp3) is 0.882. The fourth-order valence-electron chi connectivity index (χ4n) is 3.83. The smallest absolute Gasteiger partial charge is 0.225 e. The van der Waals surface area contributed by atoms with E-state index in [0.717, 1.165) is 52.2 Å². The van der Waals surface area contributed by atoms with E-state index in [9.17, 15) is 9.59 Å². The third-order valence-electron chi connectivity index (χ3n) is 5.35. The average molecular weight is 338 g/mol. The van der Waals surface area contributed by atoms with Crippen LogP contribution >= 0.6 is 0 Å².